The molecule has 4 aliphatic heterocycles. The Bertz CT molecular complexity index is 2710. The zero-order valence-electron chi connectivity index (χ0n) is 43.6. The minimum absolute atomic E-state index is 0.0637. The summed E-state index contributed by atoms with van der Waals surface area (Å²) in [6, 6.07) is 28.5. The topological polar surface area (TPSA) is 154 Å². The molecular weight excluding hydrogens is 987 g/mol. The molecule has 3 N–H and O–H groups in total. The molecule has 14 nitrogen and oxygen atoms in total. The van der Waals surface area contributed by atoms with E-state index in [1.165, 1.54) is 97.0 Å². The van der Waals surface area contributed by atoms with Crippen LogP contribution in [0.25, 0.3) is 0 Å². The van der Waals surface area contributed by atoms with E-state index in [1.54, 1.807) is 34.0 Å². The lowest BCUT2D eigenvalue weighted by atomic mass is 9.82. The summed E-state index contributed by atoms with van der Waals surface area (Å²) in [5, 5.41) is 10.3. The van der Waals surface area contributed by atoms with E-state index in [4.69, 9.17) is 9.47 Å². The van der Waals surface area contributed by atoms with Crippen LogP contribution in [0, 0.1) is 23.7 Å². The van der Waals surface area contributed by atoms with Crippen molar-refractivity contribution in [2.75, 3.05) is 55.5 Å². The van der Waals surface area contributed by atoms with Crippen LogP contribution in [0.15, 0.2) is 97.5 Å². The average Bonchev–Trinajstić information content (AvgIpc) is 4.22. The fraction of sp³-hybridized carbons (Fsp3) is 0.474. The number of nitrogens with one attached hydrogen (secondary N) is 3. The summed E-state index contributed by atoms with van der Waals surface area (Å²) >= 11 is 4.71. The fourth-order valence-corrected chi connectivity index (χ4v) is 13.2. The first-order valence-corrected chi connectivity index (χ1v) is 28.6. The molecule has 6 aromatic rings. The number of aromatic nitrogens is 3. The average molecular weight is 1060 g/mol. The summed E-state index contributed by atoms with van der Waals surface area (Å²) in [6.45, 7) is 17.9. The van der Waals surface area contributed by atoms with E-state index < -0.39 is 0 Å². The van der Waals surface area contributed by atoms with Gasteiger partial charge in [0.05, 0.1) is 0 Å². The van der Waals surface area contributed by atoms with Crippen molar-refractivity contribution in [3.05, 3.63) is 129 Å². The Balaban J connectivity index is 0.000000148. The van der Waals surface area contributed by atoms with Crippen LogP contribution in [0.5, 0.6) is 11.5 Å². The van der Waals surface area contributed by atoms with Gasteiger partial charge < -0.3 is 25.4 Å². The number of hydrogen-bond donors (Lipinski definition) is 3. The molecule has 10 rings (SSSR count). The Morgan fingerprint density at radius 2 is 1.07 bits per heavy atom. The monoisotopic (exact) mass is 1060 g/mol. The van der Waals surface area contributed by atoms with Crippen molar-refractivity contribution in [2.24, 2.45) is 23.7 Å². The molecule has 4 unspecified atom stereocenters. The molecule has 3 aromatic carbocycles. The van der Waals surface area contributed by atoms with Crippen molar-refractivity contribution in [1.29, 1.82) is 0 Å². The van der Waals surface area contributed by atoms with Crippen LogP contribution in [0.3, 0.4) is 0 Å². The van der Waals surface area contributed by atoms with Gasteiger partial charge in [0.2, 0.25) is 24.5 Å². The van der Waals surface area contributed by atoms with Crippen molar-refractivity contribution in [2.45, 2.75) is 112 Å². The van der Waals surface area contributed by atoms with Crippen molar-refractivity contribution in [1.82, 2.24) is 29.7 Å². The predicted octanol–water partition coefficient (Wildman–Crippen LogP) is 11.0. The maximum atomic E-state index is 11.1. The maximum Gasteiger partial charge on any atom is 0.231 e. The minimum atomic E-state index is -0.0739. The van der Waals surface area contributed by atoms with Crippen LogP contribution in [0.2, 0.25) is 0 Å². The number of piperidine rings is 3. The Kier molecular flexibility index (Phi) is 20.2. The first kappa shape index (κ1) is 54.7. The molecule has 394 valence electrons. The molecule has 0 aliphatic carbocycles. The molecule has 3 aromatic heterocycles. The lowest BCUT2D eigenvalue weighted by Crippen LogP contribution is -2.40. The van der Waals surface area contributed by atoms with E-state index in [0.717, 1.165) is 82.1 Å². The molecule has 0 radical (unpaired) electrons. The number of thiazole rings is 3. The van der Waals surface area contributed by atoms with Gasteiger partial charge in [-0.1, -0.05) is 73.7 Å². The quantitative estimate of drug-likeness (QED) is 0.0900. The largest absolute Gasteiger partial charge is 0.454 e. The van der Waals surface area contributed by atoms with E-state index in [0.29, 0.717) is 40.1 Å². The molecule has 3 fully saturated rings. The fourth-order valence-electron chi connectivity index (χ4n) is 10.5. The number of fused-ring (bicyclic) bond motifs is 1. The van der Waals surface area contributed by atoms with Gasteiger partial charge in [-0.25, -0.2) is 15.0 Å². The summed E-state index contributed by atoms with van der Waals surface area (Å²) in [5.41, 5.74) is 4.23. The van der Waals surface area contributed by atoms with Gasteiger partial charge in [0, 0.05) is 86.2 Å². The molecule has 3 amide bonds. The Hall–Kier alpha value is -5.56. The highest BCUT2D eigenvalue weighted by Gasteiger charge is 2.28. The summed E-state index contributed by atoms with van der Waals surface area (Å²) < 4.78 is 10.9. The number of likely N-dealkylation sites (tertiary alicyclic amines) is 3. The van der Waals surface area contributed by atoms with E-state index in [1.807, 2.05) is 24.7 Å². The molecule has 4 atom stereocenters. The highest BCUT2D eigenvalue weighted by Crippen LogP contribution is 2.35. The summed E-state index contributed by atoms with van der Waals surface area (Å²) in [6.07, 6.45) is 15.2. The second-order valence-corrected chi connectivity index (χ2v) is 23.7. The molecule has 17 heteroatoms. The van der Waals surface area contributed by atoms with Gasteiger partial charge >= 0.3 is 0 Å². The van der Waals surface area contributed by atoms with Crippen molar-refractivity contribution >= 4 is 67.1 Å². The Morgan fingerprint density at radius 1 is 0.568 bits per heavy atom. The normalized spacial score (nSPS) is 20.1. The first-order valence-electron chi connectivity index (χ1n) is 26.2. The van der Waals surface area contributed by atoms with Crippen LogP contribution in [-0.2, 0) is 53.3 Å². The Labute approximate surface area is 449 Å². The lowest BCUT2D eigenvalue weighted by Gasteiger charge is -2.37. The number of ether oxygens (including phenoxy) is 2. The van der Waals surface area contributed by atoms with Crippen LogP contribution >= 0.6 is 34.0 Å². The van der Waals surface area contributed by atoms with Gasteiger partial charge in [-0.3, -0.25) is 29.1 Å². The number of benzene rings is 3. The van der Waals surface area contributed by atoms with E-state index in [2.05, 4.69) is 132 Å². The van der Waals surface area contributed by atoms with Gasteiger partial charge in [0.15, 0.2) is 26.9 Å². The van der Waals surface area contributed by atoms with Crippen LogP contribution in [-0.4, -0.2) is 92.9 Å². The van der Waals surface area contributed by atoms with E-state index >= 15 is 0 Å². The number of carbonyl (C=O) groups excluding carboxylic acids is 3. The van der Waals surface area contributed by atoms with Crippen molar-refractivity contribution in [3.63, 3.8) is 0 Å². The highest BCUT2D eigenvalue weighted by atomic mass is 32.1. The summed E-state index contributed by atoms with van der Waals surface area (Å²) in [7, 11) is 0. The molecule has 0 spiro atoms. The number of carbonyl (C=O) groups is 3. The van der Waals surface area contributed by atoms with Crippen LogP contribution in [0.1, 0.15) is 98.0 Å². The second kappa shape index (κ2) is 27.3. The molecule has 3 saturated heterocycles. The molecule has 0 bridgehead atoms. The van der Waals surface area contributed by atoms with Crippen LogP contribution in [0.4, 0.5) is 15.4 Å². The third-order valence-corrected chi connectivity index (χ3v) is 17.0. The van der Waals surface area contributed by atoms with Crippen molar-refractivity contribution in [3.8, 4) is 11.5 Å². The van der Waals surface area contributed by atoms with Gasteiger partial charge in [-0.2, -0.15) is 0 Å². The molecule has 7 heterocycles. The number of nitrogens with zero attached hydrogens (tertiary/aromatic N) is 6. The smallest absolute Gasteiger partial charge is 0.231 e. The van der Waals surface area contributed by atoms with Gasteiger partial charge in [0.25, 0.3) is 0 Å². The summed E-state index contributed by atoms with van der Waals surface area (Å²) in [5.74, 6) is 4.47. The van der Waals surface area contributed by atoms with E-state index in [9.17, 15) is 14.4 Å². The van der Waals surface area contributed by atoms with Gasteiger partial charge in [-0.15, -0.1) is 34.0 Å². The predicted molar refractivity (Wildman–Crippen MR) is 299 cm³/mol. The highest BCUT2D eigenvalue weighted by molar-refractivity contribution is 7.16. The molecule has 0 saturated carbocycles. The van der Waals surface area contributed by atoms with E-state index in [-0.39, 0.29) is 17.7 Å². The molecular formula is C57H73N9O5S3. The SMILES string of the molecule is CC(=O)Nc1ncc(CN2CCC(Cc3ccc4c(c3)OCO4)CC2)s1.CC(=O)Nc1ncc(CN2CCC(Cc3ccccc3)C(C)C2)s1.CC(=O)Nc1ncc(CN2CCC(Cc3ccccc3)CC2C)s1. The second-order valence-electron chi connectivity index (χ2n) is 20.4. The zero-order chi connectivity index (χ0) is 51.8. The number of amides is 3. The summed E-state index contributed by atoms with van der Waals surface area (Å²) in [4.78, 5) is 57.2. The molecule has 4 aliphatic rings. The maximum absolute atomic E-state index is 11.1. The van der Waals surface area contributed by atoms with Gasteiger partial charge in [-0.05, 0) is 137 Å². The standard InChI is InChI=1S/C19H23N3O3S.2C19H25N3OS/c1-13(23)21-19-20-10-16(26-19)11-22-6-4-14(5-7-22)8-15-2-3-17-18(9-15)25-12-24-17;1-14-12-22(13-18-11-20-19(24-18)21-15(2)23)9-8-17(14)10-16-6-4-3-5-7-16;1-14-10-17(11-16-6-4-3-5-7-16)8-9-22(14)13-18-12-20-19(24-18)21-15(2)23/h2-3,9-10,14H,4-8,11-12H2,1H3,(H,20,21,23);3-7,11,14,17H,8-10,12-13H2,1-2H3,(H,20,21,23);3-7,12,14,17H,8-11,13H2,1-2H3,(H,20,21,23). The number of hydrogen-bond acceptors (Lipinski definition) is 14. The minimum Gasteiger partial charge on any atom is -0.454 e. The third-order valence-electron chi connectivity index (χ3n) is 14.3. The zero-order valence-corrected chi connectivity index (χ0v) is 46.0. The van der Waals surface area contributed by atoms with Crippen LogP contribution < -0.4 is 25.4 Å². The first-order chi connectivity index (χ1) is 35.8. The third kappa shape index (κ3) is 17.2. The van der Waals surface area contributed by atoms with Crippen molar-refractivity contribution < 1.29 is 23.9 Å². The Morgan fingerprint density at radius 3 is 1.62 bits per heavy atom. The molecule has 74 heavy (non-hydrogen) atoms. The number of rotatable bonds is 15. The lowest BCUT2D eigenvalue weighted by molar-refractivity contribution is -0.115. The van der Waals surface area contributed by atoms with Gasteiger partial charge in [0.1, 0.15) is 0 Å². The number of anilines is 3.